The molecule has 4 aromatic rings. The Bertz CT molecular complexity index is 1450. The number of nitrogens with one attached hydrogen (secondary N) is 1. The predicted octanol–water partition coefficient (Wildman–Crippen LogP) is 6.47. The second-order valence-corrected chi connectivity index (χ2v) is 7.95. The van der Waals surface area contributed by atoms with E-state index in [1.54, 1.807) is 68.9 Å². The highest BCUT2D eigenvalue weighted by atomic mass is 16.6. The molecule has 0 spiro atoms. The Balaban J connectivity index is 1.55. The lowest BCUT2D eigenvalue weighted by Crippen LogP contribution is -2.17. The van der Waals surface area contributed by atoms with Gasteiger partial charge in [-0.25, -0.2) is 4.79 Å². The third-order valence-electron chi connectivity index (χ3n) is 5.85. The molecule has 0 saturated heterocycles. The highest BCUT2D eigenvalue weighted by Crippen LogP contribution is 2.38. The van der Waals surface area contributed by atoms with E-state index in [4.69, 9.17) is 18.9 Å². The van der Waals surface area contributed by atoms with Crippen LogP contribution < -0.4 is 19.5 Å². The molecular formula is C28H25N3O5. The van der Waals surface area contributed by atoms with Crippen molar-refractivity contribution in [1.82, 2.24) is 4.98 Å². The molecule has 0 fully saturated rings. The van der Waals surface area contributed by atoms with Gasteiger partial charge in [0.15, 0.2) is 11.5 Å². The van der Waals surface area contributed by atoms with Gasteiger partial charge in [0, 0.05) is 28.9 Å². The largest absolute Gasteiger partial charge is 0.493 e. The van der Waals surface area contributed by atoms with Gasteiger partial charge in [-0.15, -0.1) is 0 Å². The number of pyridine rings is 1. The predicted molar refractivity (Wildman–Crippen MR) is 136 cm³/mol. The minimum atomic E-state index is -1.01. The first-order valence-electron chi connectivity index (χ1n) is 11.2. The van der Waals surface area contributed by atoms with Crippen LogP contribution in [0.15, 0.2) is 66.9 Å². The minimum Gasteiger partial charge on any atom is -0.493 e. The number of nitrogens with zero attached hydrogens (tertiary/aromatic N) is 2. The van der Waals surface area contributed by atoms with Crippen molar-refractivity contribution in [2.24, 2.45) is 0 Å². The van der Waals surface area contributed by atoms with E-state index in [1.165, 1.54) is 0 Å². The molecular weight excluding hydrogens is 458 g/mol. The number of hydrogen-bond acceptors (Lipinski definition) is 7. The second-order valence-electron chi connectivity index (χ2n) is 7.95. The number of aromatic nitrogens is 1. The lowest BCUT2D eigenvalue weighted by Gasteiger charge is -2.17. The molecule has 8 heteroatoms. The summed E-state index contributed by atoms with van der Waals surface area (Å²) < 4.78 is 22.4. The van der Waals surface area contributed by atoms with E-state index < -0.39 is 12.2 Å². The molecule has 0 aliphatic rings. The maximum atomic E-state index is 12.5. The van der Waals surface area contributed by atoms with Gasteiger partial charge in [-0.3, -0.25) is 10.3 Å². The average molecular weight is 484 g/mol. The Hall–Kier alpha value is -4.77. The van der Waals surface area contributed by atoms with E-state index in [-0.39, 0.29) is 0 Å². The van der Waals surface area contributed by atoms with Crippen molar-refractivity contribution in [3.05, 3.63) is 83.6 Å². The summed E-state index contributed by atoms with van der Waals surface area (Å²) in [5.41, 5.74) is 3.49. The highest BCUT2D eigenvalue weighted by molar-refractivity contribution is 5.89. The Labute approximate surface area is 209 Å². The summed E-state index contributed by atoms with van der Waals surface area (Å²) in [6.45, 7) is 3.77. The number of hydrogen-bond donors (Lipinski definition) is 1. The molecule has 0 bridgehead atoms. The molecule has 1 atom stereocenters. The molecule has 3 aromatic carbocycles. The van der Waals surface area contributed by atoms with Crippen molar-refractivity contribution in [2.75, 3.05) is 19.5 Å². The van der Waals surface area contributed by atoms with Crippen molar-refractivity contribution in [1.29, 1.82) is 5.26 Å². The summed E-state index contributed by atoms with van der Waals surface area (Å²) in [6.07, 6.45) is -0.0655. The van der Waals surface area contributed by atoms with Crippen LogP contribution >= 0.6 is 0 Å². The van der Waals surface area contributed by atoms with Crippen LogP contribution in [0.25, 0.3) is 10.9 Å². The van der Waals surface area contributed by atoms with Gasteiger partial charge in [-0.05, 0) is 49.2 Å². The molecule has 4 rings (SSSR count). The number of methoxy groups -OCH3 is 2. The number of fused-ring (bicyclic) bond motifs is 1. The lowest BCUT2D eigenvalue weighted by atomic mass is 10.1. The van der Waals surface area contributed by atoms with Crippen LogP contribution in [0.4, 0.5) is 10.5 Å². The fourth-order valence-corrected chi connectivity index (χ4v) is 3.74. The number of carbonyl (C=O) groups is 1. The van der Waals surface area contributed by atoms with Crippen molar-refractivity contribution >= 4 is 22.7 Å². The Morgan fingerprint density at radius 3 is 2.33 bits per heavy atom. The number of ether oxygens (including phenoxy) is 4. The molecule has 8 nitrogen and oxygen atoms in total. The maximum absolute atomic E-state index is 12.5. The summed E-state index contributed by atoms with van der Waals surface area (Å²) in [4.78, 5) is 16.9. The molecule has 1 amide bonds. The Morgan fingerprint density at radius 1 is 0.917 bits per heavy atom. The lowest BCUT2D eigenvalue weighted by molar-refractivity contribution is 0.137. The highest BCUT2D eigenvalue weighted by Gasteiger charge is 2.18. The topological polar surface area (TPSA) is 103 Å². The smallest absolute Gasteiger partial charge is 0.413 e. The molecule has 0 aliphatic carbocycles. The van der Waals surface area contributed by atoms with Crippen LogP contribution in [-0.2, 0) is 4.74 Å². The van der Waals surface area contributed by atoms with Crippen LogP contribution in [0, 0.1) is 25.2 Å². The molecule has 0 radical (unpaired) electrons. The molecule has 1 heterocycles. The monoisotopic (exact) mass is 483 g/mol. The van der Waals surface area contributed by atoms with Gasteiger partial charge in [-0.1, -0.05) is 30.3 Å². The first-order chi connectivity index (χ1) is 17.4. The zero-order valence-electron chi connectivity index (χ0n) is 20.4. The van der Waals surface area contributed by atoms with Crippen molar-refractivity contribution < 1.29 is 23.7 Å². The van der Waals surface area contributed by atoms with Gasteiger partial charge in [0.1, 0.15) is 17.6 Å². The molecule has 182 valence electrons. The standard InChI is InChI=1S/C28H25N3O5/c1-17-18(2)23(35-24-12-13-30-22-15-26(34-4)25(33-3)14-20(22)24)11-10-21(17)31-28(32)36-27(16-29)19-8-6-5-7-9-19/h5-15,27H,1-4H3,(H,31,32). The average Bonchev–Trinajstić information content (AvgIpc) is 2.91. The van der Waals surface area contributed by atoms with Crippen LogP contribution in [0.1, 0.15) is 22.8 Å². The zero-order chi connectivity index (χ0) is 25.7. The number of nitriles is 1. The zero-order valence-corrected chi connectivity index (χ0v) is 20.4. The third-order valence-corrected chi connectivity index (χ3v) is 5.85. The first kappa shape index (κ1) is 24.4. The van der Waals surface area contributed by atoms with E-state index >= 15 is 0 Å². The maximum Gasteiger partial charge on any atom is 0.413 e. The summed E-state index contributed by atoms with van der Waals surface area (Å²) in [6, 6.07) is 19.8. The molecule has 0 aliphatic heterocycles. The van der Waals surface area contributed by atoms with E-state index in [9.17, 15) is 10.1 Å². The van der Waals surface area contributed by atoms with E-state index in [2.05, 4.69) is 10.3 Å². The van der Waals surface area contributed by atoms with Crippen LogP contribution in [0.2, 0.25) is 0 Å². The fourth-order valence-electron chi connectivity index (χ4n) is 3.74. The normalized spacial score (nSPS) is 11.3. The number of amides is 1. The van der Waals surface area contributed by atoms with Crippen LogP contribution in [-0.4, -0.2) is 25.3 Å². The minimum absolute atomic E-state index is 0.556. The second kappa shape index (κ2) is 10.7. The van der Waals surface area contributed by atoms with Crippen molar-refractivity contribution in [3.8, 4) is 29.1 Å². The summed E-state index contributed by atoms with van der Waals surface area (Å²) >= 11 is 0. The molecule has 1 N–H and O–H groups in total. The summed E-state index contributed by atoms with van der Waals surface area (Å²) in [7, 11) is 3.15. The SMILES string of the molecule is COc1cc2nccc(Oc3ccc(NC(=O)OC(C#N)c4ccccc4)c(C)c3C)c2cc1OC. The molecule has 1 unspecified atom stereocenters. The van der Waals surface area contributed by atoms with Crippen molar-refractivity contribution in [3.63, 3.8) is 0 Å². The number of benzene rings is 3. The third kappa shape index (κ3) is 5.00. The van der Waals surface area contributed by atoms with Gasteiger partial charge in [0.05, 0.1) is 19.7 Å². The number of carbonyl (C=O) groups excluding carboxylic acids is 1. The van der Waals surface area contributed by atoms with Gasteiger partial charge < -0.3 is 18.9 Å². The Kier molecular flexibility index (Phi) is 7.21. The first-order valence-corrected chi connectivity index (χ1v) is 11.2. The Morgan fingerprint density at radius 2 is 1.64 bits per heavy atom. The number of rotatable bonds is 7. The molecule has 0 saturated carbocycles. The van der Waals surface area contributed by atoms with Gasteiger partial charge >= 0.3 is 6.09 Å². The summed E-state index contributed by atoms with van der Waals surface area (Å²) in [5, 5.41) is 12.9. The summed E-state index contributed by atoms with van der Waals surface area (Å²) in [5.74, 6) is 2.37. The van der Waals surface area contributed by atoms with Gasteiger partial charge in [-0.2, -0.15) is 5.26 Å². The van der Waals surface area contributed by atoms with E-state index in [0.717, 1.165) is 16.5 Å². The van der Waals surface area contributed by atoms with Gasteiger partial charge in [0.2, 0.25) is 6.10 Å². The molecule has 36 heavy (non-hydrogen) atoms. The molecule has 1 aromatic heterocycles. The quantitative estimate of drug-likeness (QED) is 0.321. The van der Waals surface area contributed by atoms with E-state index in [0.29, 0.717) is 39.8 Å². The van der Waals surface area contributed by atoms with E-state index in [1.807, 2.05) is 32.0 Å². The van der Waals surface area contributed by atoms with Crippen molar-refractivity contribution in [2.45, 2.75) is 20.0 Å². The van der Waals surface area contributed by atoms with Crippen LogP contribution in [0.3, 0.4) is 0 Å². The van der Waals surface area contributed by atoms with Gasteiger partial charge in [0.25, 0.3) is 0 Å². The number of anilines is 1. The fraction of sp³-hybridized carbons (Fsp3) is 0.179. The van der Waals surface area contributed by atoms with Crippen LogP contribution in [0.5, 0.6) is 23.0 Å².